The molecule has 1 aromatic carbocycles. The lowest BCUT2D eigenvalue weighted by Crippen LogP contribution is -1.96. The van der Waals surface area contributed by atoms with Crippen molar-refractivity contribution in [1.29, 1.82) is 0 Å². The van der Waals surface area contributed by atoms with Crippen molar-refractivity contribution in [2.24, 2.45) is 7.05 Å². The van der Waals surface area contributed by atoms with Crippen LogP contribution in [0, 0.1) is 0 Å². The van der Waals surface area contributed by atoms with E-state index in [0.717, 1.165) is 17.0 Å². The number of nitrogens with zero attached hydrogens (tertiary/aromatic N) is 2. The number of methoxy groups -OCH3 is 1. The van der Waals surface area contributed by atoms with Gasteiger partial charge in [0.05, 0.1) is 29.7 Å². The van der Waals surface area contributed by atoms with Gasteiger partial charge < -0.3 is 10.5 Å². The molecule has 0 saturated carbocycles. The molecule has 0 radical (unpaired) electrons. The number of aromatic nitrogens is 2. The van der Waals surface area contributed by atoms with Gasteiger partial charge in [0.15, 0.2) is 0 Å². The molecule has 0 spiro atoms. The Morgan fingerprint density at radius 3 is 2.69 bits per heavy atom. The molecule has 1 aromatic heterocycles. The van der Waals surface area contributed by atoms with Gasteiger partial charge in [0.25, 0.3) is 0 Å². The number of anilines is 1. The molecule has 5 heteroatoms. The van der Waals surface area contributed by atoms with Crippen molar-refractivity contribution < 1.29 is 4.74 Å². The SMILES string of the molecule is COc1ccc(-c2c(N)cnn2C)c(Cl)c1. The summed E-state index contributed by atoms with van der Waals surface area (Å²) in [5, 5.41) is 4.67. The van der Waals surface area contributed by atoms with Crippen molar-refractivity contribution in [3.63, 3.8) is 0 Å². The highest BCUT2D eigenvalue weighted by atomic mass is 35.5. The third-order valence-electron chi connectivity index (χ3n) is 2.40. The summed E-state index contributed by atoms with van der Waals surface area (Å²) in [6, 6.07) is 5.46. The Morgan fingerprint density at radius 1 is 1.44 bits per heavy atom. The second-order valence-corrected chi connectivity index (χ2v) is 3.83. The average Bonchev–Trinajstić information content (AvgIpc) is 2.59. The number of nitrogen functional groups attached to an aromatic ring is 1. The van der Waals surface area contributed by atoms with Crippen LogP contribution in [-0.2, 0) is 7.05 Å². The summed E-state index contributed by atoms with van der Waals surface area (Å²) in [5.41, 5.74) is 8.11. The summed E-state index contributed by atoms with van der Waals surface area (Å²) < 4.78 is 6.79. The standard InChI is InChI=1S/C11H12ClN3O/c1-15-11(10(13)6-14-15)8-4-3-7(16-2)5-9(8)12/h3-6H,13H2,1-2H3. The van der Waals surface area contributed by atoms with E-state index in [1.807, 2.05) is 19.2 Å². The number of rotatable bonds is 2. The fourth-order valence-corrected chi connectivity index (χ4v) is 1.86. The third kappa shape index (κ3) is 1.72. The van der Waals surface area contributed by atoms with Gasteiger partial charge in [-0.1, -0.05) is 11.6 Å². The van der Waals surface area contributed by atoms with E-state index in [-0.39, 0.29) is 0 Å². The van der Waals surface area contributed by atoms with Crippen LogP contribution in [0.5, 0.6) is 5.75 Å². The van der Waals surface area contributed by atoms with Crippen molar-refractivity contribution in [3.05, 3.63) is 29.4 Å². The molecule has 0 aliphatic heterocycles. The van der Waals surface area contributed by atoms with Crippen LogP contribution >= 0.6 is 11.6 Å². The van der Waals surface area contributed by atoms with Gasteiger partial charge in [-0.15, -0.1) is 0 Å². The summed E-state index contributed by atoms with van der Waals surface area (Å²) >= 11 is 6.17. The van der Waals surface area contributed by atoms with Gasteiger partial charge in [-0.25, -0.2) is 0 Å². The lowest BCUT2D eigenvalue weighted by molar-refractivity contribution is 0.415. The number of nitrogens with two attached hydrogens (primary N) is 1. The second kappa shape index (κ2) is 4.06. The molecule has 0 amide bonds. The van der Waals surface area contributed by atoms with E-state index in [1.54, 1.807) is 24.1 Å². The number of hydrogen-bond acceptors (Lipinski definition) is 3. The topological polar surface area (TPSA) is 53.1 Å². The van der Waals surface area contributed by atoms with Gasteiger partial charge in [0, 0.05) is 12.6 Å². The molecule has 0 fully saturated rings. The first kappa shape index (κ1) is 10.8. The number of benzene rings is 1. The van der Waals surface area contributed by atoms with Gasteiger partial charge in [-0.2, -0.15) is 5.10 Å². The number of hydrogen-bond donors (Lipinski definition) is 1. The van der Waals surface area contributed by atoms with Crippen LogP contribution in [0.3, 0.4) is 0 Å². The van der Waals surface area contributed by atoms with Crippen molar-refractivity contribution in [3.8, 4) is 17.0 Å². The van der Waals surface area contributed by atoms with Crippen molar-refractivity contribution >= 4 is 17.3 Å². The van der Waals surface area contributed by atoms with E-state index in [9.17, 15) is 0 Å². The predicted molar refractivity (Wildman–Crippen MR) is 64.6 cm³/mol. The largest absolute Gasteiger partial charge is 0.497 e. The van der Waals surface area contributed by atoms with Crippen molar-refractivity contribution in [2.75, 3.05) is 12.8 Å². The summed E-state index contributed by atoms with van der Waals surface area (Å²) in [7, 11) is 3.43. The number of halogens is 1. The van der Waals surface area contributed by atoms with Crippen LogP contribution in [-0.4, -0.2) is 16.9 Å². The van der Waals surface area contributed by atoms with Crippen LogP contribution in [0.25, 0.3) is 11.3 Å². The molecular weight excluding hydrogens is 226 g/mol. The fraction of sp³-hybridized carbons (Fsp3) is 0.182. The molecule has 2 rings (SSSR count). The molecule has 2 aromatic rings. The maximum atomic E-state index is 6.17. The minimum atomic E-state index is 0.592. The van der Waals surface area contributed by atoms with Crippen LogP contribution in [0.2, 0.25) is 5.02 Å². The van der Waals surface area contributed by atoms with E-state index in [4.69, 9.17) is 22.1 Å². The van der Waals surface area contributed by atoms with Gasteiger partial charge in [0.2, 0.25) is 0 Å². The van der Waals surface area contributed by atoms with E-state index >= 15 is 0 Å². The highest BCUT2D eigenvalue weighted by molar-refractivity contribution is 6.33. The Bertz CT molecular complexity index is 502. The lowest BCUT2D eigenvalue weighted by atomic mass is 10.1. The zero-order chi connectivity index (χ0) is 11.7. The molecule has 0 saturated heterocycles. The minimum absolute atomic E-state index is 0.592. The Morgan fingerprint density at radius 2 is 2.19 bits per heavy atom. The molecule has 2 N–H and O–H groups in total. The van der Waals surface area contributed by atoms with E-state index in [2.05, 4.69) is 5.10 Å². The monoisotopic (exact) mass is 237 g/mol. The first-order valence-electron chi connectivity index (χ1n) is 4.75. The smallest absolute Gasteiger partial charge is 0.120 e. The van der Waals surface area contributed by atoms with E-state index in [1.165, 1.54) is 0 Å². The molecule has 1 heterocycles. The van der Waals surface area contributed by atoms with Crippen molar-refractivity contribution in [1.82, 2.24) is 9.78 Å². The molecule has 0 aliphatic rings. The zero-order valence-corrected chi connectivity index (χ0v) is 9.82. The predicted octanol–water partition coefficient (Wildman–Crippen LogP) is 2.33. The Kier molecular flexibility index (Phi) is 2.75. The Balaban J connectivity index is 2.57. The molecule has 84 valence electrons. The van der Waals surface area contributed by atoms with Crippen LogP contribution < -0.4 is 10.5 Å². The molecule has 0 atom stereocenters. The Labute approximate surface area is 98.6 Å². The normalized spacial score (nSPS) is 10.4. The Hall–Kier alpha value is -1.68. The summed E-state index contributed by atoms with van der Waals surface area (Å²) in [6.07, 6.45) is 1.61. The second-order valence-electron chi connectivity index (χ2n) is 3.42. The molecule has 0 unspecified atom stereocenters. The first-order valence-corrected chi connectivity index (χ1v) is 5.12. The highest BCUT2D eigenvalue weighted by Gasteiger charge is 2.12. The maximum absolute atomic E-state index is 6.17. The van der Waals surface area contributed by atoms with Crippen LogP contribution in [0.4, 0.5) is 5.69 Å². The molecular formula is C11H12ClN3O. The summed E-state index contributed by atoms with van der Waals surface area (Å²) in [5.74, 6) is 0.717. The van der Waals surface area contributed by atoms with E-state index in [0.29, 0.717) is 10.7 Å². The quantitative estimate of drug-likeness (QED) is 0.872. The van der Waals surface area contributed by atoms with Crippen LogP contribution in [0.1, 0.15) is 0 Å². The zero-order valence-electron chi connectivity index (χ0n) is 9.07. The highest BCUT2D eigenvalue weighted by Crippen LogP contribution is 2.33. The first-order chi connectivity index (χ1) is 7.63. The van der Waals surface area contributed by atoms with Gasteiger partial charge in [-0.3, -0.25) is 4.68 Å². The van der Waals surface area contributed by atoms with Gasteiger partial charge >= 0.3 is 0 Å². The van der Waals surface area contributed by atoms with Crippen LogP contribution in [0.15, 0.2) is 24.4 Å². The average molecular weight is 238 g/mol. The lowest BCUT2D eigenvalue weighted by Gasteiger charge is -2.08. The van der Waals surface area contributed by atoms with E-state index < -0.39 is 0 Å². The summed E-state index contributed by atoms with van der Waals surface area (Å²) in [6.45, 7) is 0. The number of aryl methyl sites for hydroxylation is 1. The maximum Gasteiger partial charge on any atom is 0.120 e. The molecule has 16 heavy (non-hydrogen) atoms. The minimum Gasteiger partial charge on any atom is -0.497 e. The van der Waals surface area contributed by atoms with Crippen molar-refractivity contribution in [2.45, 2.75) is 0 Å². The van der Waals surface area contributed by atoms with Gasteiger partial charge in [0.1, 0.15) is 5.75 Å². The third-order valence-corrected chi connectivity index (χ3v) is 2.71. The molecule has 4 nitrogen and oxygen atoms in total. The fourth-order valence-electron chi connectivity index (χ4n) is 1.60. The van der Waals surface area contributed by atoms with Gasteiger partial charge in [-0.05, 0) is 18.2 Å². The molecule has 0 aliphatic carbocycles. The number of ether oxygens (including phenoxy) is 1. The summed E-state index contributed by atoms with van der Waals surface area (Å²) in [4.78, 5) is 0. The molecule has 0 bridgehead atoms.